The summed E-state index contributed by atoms with van der Waals surface area (Å²) in [6.07, 6.45) is -0.871. The van der Waals surface area contributed by atoms with Crippen molar-refractivity contribution in [1.82, 2.24) is 15.5 Å². The van der Waals surface area contributed by atoms with Crippen LogP contribution in [0.15, 0.2) is 71.9 Å². The molecule has 2 N–H and O–H groups in total. The second-order valence-corrected chi connectivity index (χ2v) is 9.71. The van der Waals surface area contributed by atoms with Crippen LogP contribution in [-0.2, 0) is 23.9 Å². The van der Waals surface area contributed by atoms with Crippen LogP contribution >= 0.6 is 11.8 Å². The van der Waals surface area contributed by atoms with E-state index in [-0.39, 0.29) is 18.3 Å². The van der Waals surface area contributed by atoms with Gasteiger partial charge >= 0.3 is 12.1 Å². The first kappa shape index (κ1) is 25.3. The zero-order chi connectivity index (χ0) is 25.7. The Bertz CT molecular complexity index is 1120. The molecule has 9 nitrogen and oxygen atoms in total. The van der Waals surface area contributed by atoms with Crippen molar-refractivity contribution >= 4 is 36.1 Å². The van der Waals surface area contributed by atoms with E-state index >= 15 is 0 Å². The fourth-order valence-corrected chi connectivity index (χ4v) is 5.39. The molecule has 0 bridgehead atoms. The predicted molar refractivity (Wildman–Crippen MR) is 134 cm³/mol. The van der Waals surface area contributed by atoms with E-state index in [1.54, 1.807) is 13.8 Å². The third kappa shape index (κ3) is 5.38. The third-order valence-electron chi connectivity index (χ3n) is 5.70. The standard InChI is InChI=1S/C26H27N3O6S/c1-16(2)28-26(33)34-13-19-14-36-24-20(27-15-30)23(31)29(24)21(19)25(32)35-22(17-9-5-3-6-10-17)18-11-7-4-8-12-18/h3-12,15-16,20,22,24H,13-14H2,1-2H3,(H,27,30)(H,28,33)/t20-,24-/m1/s1. The van der Waals surface area contributed by atoms with Crippen LogP contribution in [0.2, 0.25) is 0 Å². The number of carbonyl (C=O) groups is 4. The minimum absolute atomic E-state index is 0.0434. The van der Waals surface area contributed by atoms with Crippen LogP contribution in [0.5, 0.6) is 0 Å². The highest BCUT2D eigenvalue weighted by Gasteiger charge is 2.54. The van der Waals surface area contributed by atoms with Crippen molar-refractivity contribution in [2.45, 2.75) is 37.4 Å². The molecule has 2 aliphatic rings. The predicted octanol–water partition coefficient (Wildman–Crippen LogP) is 2.74. The second-order valence-electron chi connectivity index (χ2n) is 8.61. The van der Waals surface area contributed by atoms with E-state index in [2.05, 4.69) is 10.6 Å². The zero-order valence-electron chi connectivity index (χ0n) is 19.9. The molecule has 0 unspecified atom stereocenters. The second kappa shape index (κ2) is 11.3. The molecule has 0 saturated carbocycles. The lowest BCUT2D eigenvalue weighted by Gasteiger charge is -2.49. The number of ether oxygens (including phenoxy) is 2. The number of alkyl carbamates (subject to hydrolysis) is 1. The van der Waals surface area contributed by atoms with Crippen molar-refractivity contribution in [2.75, 3.05) is 12.4 Å². The first-order chi connectivity index (χ1) is 17.4. The number of benzene rings is 2. The molecule has 188 valence electrons. The topological polar surface area (TPSA) is 114 Å². The minimum atomic E-state index is -0.735. The molecule has 2 aromatic carbocycles. The van der Waals surface area contributed by atoms with E-state index < -0.39 is 35.5 Å². The first-order valence-electron chi connectivity index (χ1n) is 11.5. The summed E-state index contributed by atoms with van der Waals surface area (Å²) in [6.45, 7) is 3.42. The highest BCUT2D eigenvalue weighted by Crippen LogP contribution is 2.41. The van der Waals surface area contributed by atoms with Crippen LogP contribution in [0.3, 0.4) is 0 Å². The number of carbonyl (C=O) groups excluding carboxylic acids is 4. The maximum absolute atomic E-state index is 13.7. The Morgan fingerprint density at radius 1 is 1.08 bits per heavy atom. The molecule has 1 fully saturated rings. The number of fused-ring (bicyclic) bond motifs is 1. The van der Waals surface area contributed by atoms with Crippen LogP contribution < -0.4 is 10.6 Å². The van der Waals surface area contributed by atoms with Gasteiger partial charge in [-0.3, -0.25) is 14.5 Å². The molecule has 3 amide bonds. The Balaban J connectivity index is 1.65. The first-order valence-corrected chi connectivity index (χ1v) is 12.6. The van der Waals surface area contributed by atoms with Crippen LogP contribution in [0.25, 0.3) is 0 Å². The molecule has 1 saturated heterocycles. The summed E-state index contributed by atoms with van der Waals surface area (Å²) in [7, 11) is 0. The molecular weight excluding hydrogens is 482 g/mol. The van der Waals surface area contributed by atoms with Gasteiger partial charge in [0.25, 0.3) is 5.91 Å². The fraction of sp³-hybridized carbons (Fsp3) is 0.308. The monoisotopic (exact) mass is 509 g/mol. The van der Waals surface area contributed by atoms with Crippen molar-refractivity contribution in [3.05, 3.63) is 83.1 Å². The minimum Gasteiger partial charge on any atom is -0.448 e. The number of hydrogen-bond donors (Lipinski definition) is 2. The van der Waals surface area contributed by atoms with Gasteiger partial charge in [0.15, 0.2) is 6.10 Å². The largest absolute Gasteiger partial charge is 0.448 e. The average molecular weight is 510 g/mol. The van der Waals surface area contributed by atoms with Crippen LogP contribution in [-0.4, -0.2) is 59.1 Å². The Hall–Kier alpha value is -3.79. The molecule has 10 heteroatoms. The number of thioether (sulfide) groups is 1. The van der Waals surface area contributed by atoms with E-state index in [4.69, 9.17) is 9.47 Å². The molecule has 0 aromatic heterocycles. The molecular formula is C26H27N3O6S. The lowest BCUT2D eigenvalue weighted by atomic mass is 10.0. The number of amides is 3. The van der Waals surface area contributed by atoms with Gasteiger partial charge in [0.05, 0.1) is 0 Å². The zero-order valence-corrected chi connectivity index (χ0v) is 20.7. The number of β-lactam (4-membered cyclic amide) rings is 1. The third-order valence-corrected chi connectivity index (χ3v) is 7.04. The van der Waals surface area contributed by atoms with Gasteiger partial charge in [-0.15, -0.1) is 11.8 Å². The molecule has 0 aliphatic carbocycles. The van der Waals surface area contributed by atoms with Crippen LogP contribution in [0.1, 0.15) is 31.1 Å². The molecule has 2 aliphatic heterocycles. The van der Waals surface area contributed by atoms with Crippen LogP contribution in [0.4, 0.5) is 4.79 Å². The van der Waals surface area contributed by atoms with Gasteiger partial charge in [0, 0.05) is 17.4 Å². The molecule has 0 radical (unpaired) electrons. The fourth-order valence-electron chi connectivity index (χ4n) is 4.05. The van der Waals surface area contributed by atoms with Crippen molar-refractivity contribution in [2.24, 2.45) is 0 Å². The number of esters is 1. The number of hydrogen-bond acceptors (Lipinski definition) is 7. The number of rotatable bonds is 9. The van der Waals surface area contributed by atoms with Crippen LogP contribution in [0, 0.1) is 0 Å². The lowest BCUT2D eigenvalue weighted by molar-refractivity contribution is -0.154. The quantitative estimate of drug-likeness (QED) is 0.304. The Kier molecular flexibility index (Phi) is 7.94. The van der Waals surface area contributed by atoms with E-state index in [0.29, 0.717) is 17.7 Å². The van der Waals surface area contributed by atoms with E-state index in [1.165, 1.54) is 16.7 Å². The van der Waals surface area contributed by atoms with Gasteiger partial charge in [-0.25, -0.2) is 9.59 Å². The van der Waals surface area contributed by atoms with Gasteiger partial charge in [0.1, 0.15) is 23.7 Å². The molecule has 36 heavy (non-hydrogen) atoms. The number of nitrogens with one attached hydrogen (secondary N) is 2. The lowest BCUT2D eigenvalue weighted by Crippen LogP contribution is -2.69. The molecule has 4 rings (SSSR count). The normalized spacial score (nSPS) is 18.9. The Morgan fingerprint density at radius 2 is 1.69 bits per heavy atom. The summed E-state index contributed by atoms with van der Waals surface area (Å²) in [4.78, 5) is 50.9. The van der Waals surface area contributed by atoms with Crippen molar-refractivity contribution in [1.29, 1.82) is 0 Å². The summed E-state index contributed by atoms with van der Waals surface area (Å²) >= 11 is 1.38. The molecule has 2 heterocycles. The molecule has 2 atom stereocenters. The SMILES string of the molecule is CC(C)NC(=O)OCC1=C(C(=O)OC(c2ccccc2)c2ccccc2)N2C(=O)[C@@H](NC=O)[C@H]2SC1. The van der Waals surface area contributed by atoms with Gasteiger partial charge < -0.3 is 20.1 Å². The molecule has 0 spiro atoms. The average Bonchev–Trinajstić information content (AvgIpc) is 2.89. The summed E-state index contributed by atoms with van der Waals surface area (Å²) in [6, 6.07) is 17.7. The highest BCUT2D eigenvalue weighted by molar-refractivity contribution is 8.00. The van der Waals surface area contributed by atoms with E-state index in [1.807, 2.05) is 60.7 Å². The Morgan fingerprint density at radius 3 is 2.25 bits per heavy atom. The van der Waals surface area contributed by atoms with E-state index in [9.17, 15) is 19.2 Å². The number of nitrogens with zero attached hydrogens (tertiary/aromatic N) is 1. The smallest absolute Gasteiger partial charge is 0.407 e. The van der Waals surface area contributed by atoms with Crippen molar-refractivity contribution < 1.29 is 28.7 Å². The van der Waals surface area contributed by atoms with E-state index in [0.717, 1.165) is 11.1 Å². The Labute approximate surface area is 213 Å². The highest BCUT2D eigenvalue weighted by atomic mass is 32.2. The van der Waals surface area contributed by atoms with Crippen molar-refractivity contribution in [3.8, 4) is 0 Å². The van der Waals surface area contributed by atoms with Gasteiger partial charge in [-0.05, 0) is 25.0 Å². The van der Waals surface area contributed by atoms with Crippen molar-refractivity contribution in [3.63, 3.8) is 0 Å². The van der Waals surface area contributed by atoms with Gasteiger partial charge in [-0.1, -0.05) is 60.7 Å². The summed E-state index contributed by atoms with van der Waals surface area (Å²) < 4.78 is 11.3. The molecule has 2 aromatic rings. The summed E-state index contributed by atoms with van der Waals surface area (Å²) in [5.74, 6) is -0.809. The summed E-state index contributed by atoms with van der Waals surface area (Å²) in [5.41, 5.74) is 2.03. The maximum Gasteiger partial charge on any atom is 0.407 e. The van der Waals surface area contributed by atoms with Gasteiger partial charge in [-0.2, -0.15) is 0 Å². The maximum atomic E-state index is 13.7. The summed E-state index contributed by atoms with van der Waals surface area (Å²) in [5, 5.41) is 4.69. The van der Waals surface area contributed by atoms with Gasteiger partial charge in [0.2, 0.25) is 6.41 Å².